The maximum Gasteiger partial charge on any atom is 0.272 e. The zero-order chi connectivity index (χ0) is 22.5. The summed E-state index contributed by atoms with van der Waals surface area (Å²) in [7, 11) is 0. The summed E-state index contributed by atoms with van der Waals surface area (Å²) in [6.07, 6.45) is 0.586. The molecule has 1 saturated heterocycles. The number of amides is 2. The van der Waals surface area contributed by atoms with E-state index in [-0.39, 0.29) is 17.5 Å². The van der Waals surface area contributed by atoms with Gasteiger partial charge in [0.05, 0.1) is 4.92 Å². The molecule has 0 saturated carbocycles. The summed E-state index contributed by atoms with van der Waals surface area (Å²) < 4.78 is 0. The Kier molecular flexibility index (Phi) is 6.89. The Labute approximate surface area is 182 Å². The van der Waals surface area contributed by atoms with Crippen molar-refractivity contribution < 1.29 is 14.5 Å². The van der Waals surface area contributed by atoms with Crippen LogP contribution in [0, 0.1) is 23.0 Å². The van der Waals surface area contributed by atoms with Crippen LogP contribution in [0.5, 0.6) is 0 Å². The molecule has 8 nitrogen and oxygen atoms in total. The lowest BCUT2D eigenvalue weighted by atomic mass is 10.1. The first kappa shape index (κ1) is 22.3. The molecule has 8 heteroatoms. The fourth-order valence-electron chi connectivity index (χ4n) is 3.65. The van der Waals surface area contributed by atoms with Crippen molar-refractivity contribution >= 4 is 28.9 Å². The van der Waals surface area contributed by atoms with E-state index in [4.69, 9.17) is 0 Å². The molecule has 0 aromatic heterocycles. The summed E-state index contributed by atoms with van der Waals surface area (Å²) in [5.74, 6) is 0.264. The van der Waals surface area contributed by atoms with E-state index in [2.05, 4.69) is 24.1 Å². The molecule has 0 aliphatic carbocycles. The first-order valence-corrected chi connectivity index (χ1v) is 10.4. The number of hydrogen-bond donors (Lipinski definition) is 1. The number of carbonyl (C=O) groups excluding carboxylic acids is 2. The molecular formula is C23H28N4O4. The lowest BCUT2D eigenvalue weighted by Gasteiger charge is -2.36. The van der Waals surface area contributed by atoms with Gasteiger partial charge in [-0.15, -0.1) is 0 Å². The standard InChI is InChI=1S/C23H28N4O4/c1-16(2)14-22(28)26-12-10-25(11-13-26)20-7-5-19(6-8-20)24-23(29)18-4-9-21(27(30)31)17(3)15-18/h4-9,15-16H,10-14H2,1-3H3,(H,24,29). The molecule has 1 aliphatic rings. The summed E-state index contributed by atoms with van der Waals surface area (Å²) in [5.41, 5.74) is 2.50. The highest BCUT2D eigenvalue weighted by molar-refractivity contribution is 6.04. The molecular weight excluding hydrogens is 396 g/mol. The highest BCUT2D eigenvalue weighted by atomic mass is 16.6. The van der Waals surface area contributed by atoms with Crippen LogP contribution in [0.25, 0.3) is 0 Å². The molecule has 31 heavy (non-hydrogen) atoms. The van der Waals surface area contributed by atoms with Crippen molar-refractivity contribution in [3.63, 3.8) is 0 Å². The average Bonchev–Trinajstić information content (AvgIpc) is 2.73. The molecule has 2 amide bonds. The van der Waals surface area contributed by atoms with Gasteiger partial charge < -0.3 is 15.1 Å². The van der Waals surface area contributed by atoms with E-state index in [1.165, 1.54) is 18.2 Å². The minimum absolute atomic E-state index is 0.00749. The molecule has 3 rings (SSSR count). The molecule has 0 spiro atoms. The molecule has 2 aromatic rings. The van der Waals surface area contributed by atoms with Gasteiger partial charge in [0.25, 0.3) is 11.6 Å². The zero-order valence-corrected chi connectivity index (χ0v) is 18.1. The normalized spacial score (nSPS) is 13.9. The summed E-state index contributed by atoms with van der Waals surface area (Å²) in [6, 6.07) is 11.9. The molecule has 0 atom stereocenters. The van der Waals surface area contributed by atoms with Gasteiger partial charge in [0, 0.05) is 61.2 Å². The molecule has 0 unspecified atom stereocenters. The first-order valence-electron chi connectivity index (χ1n) is 10.4. The van der Waals surface area contributed by atoms with Gasteiger partial charge in [-0.05, 0) is 49.2 Å². The number of piperazine rings is 1. The summed E-state index contributed by atoms with van der Waals surface area (Å²) in [5, 5.41) is 13.8. The Morgan fingerprint density at radius 1 is 1.06 bits per heavy atom. The van der Waals surface area contributed by atoms with E-state index in [9.17, 15) is 19.7 Å². The number of anilines is 2. The maximum absolute atomic E-state index is 12.5. The van der Waals surface area contributed by atoms with Crippen molar-refractivity contribution in [1.29, 1.82) is 0 Å². The van der Waals surface area contributed by atoms with Gasteiger partial charge >= 0.3 is 0 Å². The second-order valence-electron chi connectivity index (χ2n) is 8.23. The minimum Gasteiger partial charge on any atom is -0.368 e. The summed E-state index contributed by atoms with van der Waals surface area (Å²) >= 11 is 0. The smallest absolute Gasteiger partial charge is 0.272 e. The fourth-order valence-corrected chi connectivity index (χ4v) is 3.65. The lowest BCUT2D eigenvalue weighted by molar-refractivity contribution is -0.385. The van der Waals surface area contributed by atoms with Gasteiger partial charge in [-0.1, -0.05) is 13.8 Å². The van der Waals surface area contributed by atoms with Crippen LogP contribution >= 0.6 is 0 Å². The van der Waals surface area contributed by atoms with Crippen molar-refractivity contribution in [2.45, 2.75) is 27.2 Å². The van der Waals surface area contributed by atoms with Crippen LogP contribution in [0.1, 0.15) is 36.2 Å². The highest BCUT2D eigenvalue weighted by Crippen LogP contribution is 2.22. The third-order valence-electron chi connectivity index (χ3n) is 5.36. The second kappa shape index (κ2) is 9.59. The highest BCUT2D eigenvalue weighted by Gasteiger charge is 2.21. The molecule has 1 aliphatic heterocycles. The Balaban J connectivity index is 1.57. The number of benzene rings is 2. The zero-order valence-electron chi connectivity index (χ0n) is 18.1. The molecule has 0 radical (unpaired) electrons. The third kappa shape index (κ3) is 5.59. The Morgan fingerprint density at radius 3 is 2.26 bits per heavy atom. The number of nitro groups is 1. The van der Waals surface area contributed by atoms with Gasteiger partial charge in [-0.2, -0.15) is 0 Å². The molecule has 1 heterocycles. The van der Waals surface area contributed by atoms with E-state index in [1.54, 1.807) is 6.92 Å². The Morgan fingerprint density at radius 2 is 1.71 bits per heavy atom. The predicted molar refractivity (Wildman–Crippen MR) is 120 cm³/mol. The van der Waals surface area contributed by atoms with Crippen molar-refractivity contribution in [1.82, 2.24) is 4.90 Å². The molecule has 1 N–H and O–H groups in total. The van der Waals surface area contributed by atoms with Gasteiger partial charge in [0.15, 0.2) is 0 Å². The SMILES string of the molecule is Cc1cc(C(=O)Nc2ccc(N3CCN(C(=O)CC(C)C)CC3)cc2)ccc1[N+](=O)[O-]. The van der Waals surface area contributed by atoms with Gasteiger partial charge in [-0.25, -0.2) is 0 Å². The topological polar surface area (TPSA) is 95.8 Å². The predicted octanol–water partition coefficient (Wildman–Crippen LogP) is 3.85. The van der Waals surface area contributed by atoms with Crippen LogP contribution < -0.4 is 10.2 Å². The average molecular weight is 425 g/mol. The summed E-state index contributed by atoms with van der Waals surface area (Å²) in [6.45, 7) is 8.69. The molecule has 164 valence electrons. The number of nitrogens with one attached hydrogen (secondary N) is 1. The van der Waals surface area contributed by atoms with Crippen molar-refractivity contribution in [3.05, 3.63) is 63.7 Å². The summed E-state index contributed by atoms with van der Waals surface area (Å²) in [4.78, 5) is 39.3. The van der Waals surface area contributed by atoms with Crippen LogP contribution in [-0.2, 0) is 4.79 Å². The third-order valence-corrected chi connectivity index (χ3v) is 5.36. The quantitative estimate of drug-likeness (QED) is 0.561. The number of aryl methyl sites for hydroxylation is 1. The van der Waals surface area contributed by atoms with Crippen molar-refractivity contribution in [2.75, 3.05) is 36.4 Å². The van der Waals surface area contributed by atoms with Crippen LogP contribution in [-0.4, -0.2) is 47.8 Å². The number of nitrogens with zero attached hydrogens (tertiary/aromatic N) is 3. The van der Waals surface area contributed by atoms with Crippen LogP contribution in [0.4, 0.5) is 17.1 Å². The Hall–Kier alpha value is -3.42. The Bertz CT molecular complexity index is 964. The monoisotopic (exact) mass is 424 g/mol. The van der Waals surface area contributed by atoms with E-state index < -0.39 is 4.92 Å². The van der Waals surface area contributed by atoms with Crippen LogP contribution in [0.3, 0.4) is 0 Å². The van der Waals surface area contributed by atoms with E-state index in [1.807, 2.05) is 29.2 Å². The van der Waals surface area contributed by atoms with Crippen LogP contribution in [0.2, 0.25) is 0 Å². The number of nitro benzene ring substituents is 1. The van der Waals surface area contributed by atoms with Gasteiger partial charge in [0.2, 0.25) is 5.91 Å². The van der Waals surface area contributed by atoms with E-state index >= 15 is 0 Å². The van der Waals surface area contributed by atoms with Gasteiger partial charge in [0.1, 0.15) is 0 Å². The molecule has 0 bridgehead atoms. The second-order valence-corrected chi connectivity index (χ2v) is 8.23. The fraction of sp³-hybridized carbons (Fsp3) is 0.391. The van der Waals surface area contributed by atoms with Crippen molar-refractivity contribution in [3.8, 4) is 0 Å². The number of carbonyl (C=O) groups is 2. The first-order chi connectivity index (χ1) is 14.7. The van der Waals surface area contributed by atoms with Crippen LogP contribution in [0.15, 0.2) is 42.5 Å². The lowest BCUT2D eigenvalue weighted by Crippen LogP contribution is -2.49. The molecule has 2 aromatic carbocycles. The number of rotatable bonds is 6. The largest absolute Gasteiger partial charge is 0.368 e. The maximum atomic E-state index is 12.5. The van der Waals surface area contributed by atoms with E-state index in [0.29, 0.717) is 42.2 Å². The molecule has 1 fully saturated rings. The van der Waals surface area contributed by atoms with E-state index in [0.717, 1.165) is 18.8 Å². The minimum atomic E-state index is -0.463. The van der Waals surface area contributed by atoms with Gasteiger partial charge in [-0.3, -0.25) is 19.7 Å². The number of hydrogen-bond acceptors (Lipinski definition) is 5. The van der Waals surface area contributed by atoms with Crippen molar-refractivity contribution in [2.24, 2.45) is 5.92 Å².